The Bertz CT molecular complexity index is 579. The van der Waals surface area contributed by atoms with Crippen LogP contribution in [-0.4, -0.2) is 55.9 Å². The Morgan fingerprint density at radius 3 is 2.32 bits per heavy atom. The van der Waals surface area contributed by atoms with Crippen molar-refractivity contribution in [3.05, 3.63) is 29.8 Å². The Kier molecular flexibility index (Phi) is 14.5. The highest BCUT2D eigenvalue weighted by Crippen LogP contribution is 2.11. The minimum atomic E-state index is -0.171. The van der Waals surface area contributed by atoms with Crippen molar-refractivity contribution >= 4 is 35.8 Å². The van der Waals surface area contributed by atoms with Gasteiger partial charge in [-0.25, -0.2) is 0 Å². The van der Waals surface area contributed by atoms with E-state index in [-0.39, 0.29) is 41.7 Å². The average Bonchev–Trinajstić information content (AvgIpc) is 2.64. The van der Waals surface area contributed by atoms with Crippen LogP contribution in [0.4, 0.5) is 0 Å². The van der Waals surface area contributed by atoms with Crippen LogP contribution in [0.1, 0.15) is 44.5 Å². The van der Waals surface area contributed by atoms with Gasteiger partial charge in [-0.2, -0.15) is 0 Å². The molecule has 0 saturated carbocycles. The third-order valence-electron chi connectivity index (χ3n) is 3.98. The molecule has 7 nitrogen and oxygen atoms in total. The van der Waals surface area contributed by atoms with E-state index in [0.29, 0.717) is 37.7 Å². The smallest absolute Gasteiger partial charge is 0.251 e. The fourth-order valence-electron chi connectivity index (χ4n) is 2.54. The Labute approximate surface area is 185 Å². The van der Waals surface area contributed by atoms with Gasteiger partial charge in [0, 0.05) is 38.3 Å². The second-order valence-corrected chi connectivity index (χ2v) is 6.52. The molecule has 160 valence electrons. The number of amides is 1. The highest BCUT2D eigenvalue weighted by Gasteiger charge is 2.12. The molecule has 0 aliphatic heterocycles. The number of nitrogens with zero attached hydrogens (tertiary/aromatic N) is 1. The highest BCUT2D eigenvalue weighted by molar-refractivity contribution is 14.0. The zero-order chi connectivity index (χ0) is 20.1. The van der Waals surface area contributed by atoms with E-state index < -0.39 is 0 Å². The molecular weight excluding hydrogens is 471 g/mol. The number of benzene rings is 1. The molecule has 0 bridgehead atoms. The second-order valence-electron chi connectivity index (χ2n) is 6.52. The summed E-state index contributed by atoms with van der Waals surface area (Å²) in [7, 11) is 0. The predicted octanol–water partition coefficient (Wildman–Crippen LogP) is 2.75. The van der Waals surface area contributed by atoms with Crippen molar-refractivity contribution in [3.63, 3.8) is 0 Å². The number of aromatic hydroxyl groups is 1. The fraction of sp³-hybridized carbons (Fsp3) is 0.600. The van der Waals surface area contributed by atoms with E-state index in [1.165, 1.54) is 12.1 Å². The number of hydrogen-bond donors (Lipinski definition) is 4. The van der Waals surface area contributed by atoms with Crippen LogP contribution in [0, 0.1) is 5.92 Å². The number of nitrogens with one attached hydrogen (secondary N) is 3. The molecule has 1 atom stereocenters. The largest absolute Gasteiger partial charge is 0.508 e. The van der Waals surface area contributed by atoms with Crippen LogP contribution in [0.3, 0.4) is 0 Å². The molecule has 28 heavy (non-hydrogen) atoms. The molecule has 0 aliphatic carbocycles. The minimum Gasteiger partial charge on any atom is -0.508 e. The summed E-state index contributed by atoms with van der Waals surface area (Å²) in [5.41, 5.74) is 0.518. The van der Waals surface area contributed by atoms with Gasteiger partial charge < -0.3 is 25.8 Å². The van der Waals surface area contributed by atoms with Crippen molar-refractivity contribution in [1.82, 2.24) is 16.0 Å². The summed E-state index contributed by atoms with van der Waals surface area (Å²) in [4.78, 5) is 16.6. The lowest BCUT2D eigenvalue weighted by Crippen LogP contribution is -2.41. The van der Waals surface area contributed by atoms with Gasteiger partial charge in [-0.15, -0.1) is 24.0 Å². The average molecular weight is 506 g/mol. The molecule has 0 spiro atoms. The lowest BCUT2D eigenvalue weighted by molar-refractivity contribution is 0.0266. The van der Waals surface area contributed by atoms with E-state index in [1.54, 1.807) is 12.1 Å². The molecule has 1 amide bonds. The molecule has 8 heteroatoms. The zero-order valence-corrected chi connectivity index (χ0v) is 19.7. The van der Waals surface area contributed by atoms with Crippen LogP contribution in [0.25, 0.3) is 0 Å². The van der Waals surface area contributed by atoms with Gasteiger partial charge in [0.1, 0.15) is 5.75 Å². The minimum absolute atomic E-state index is 0. The number of hydrogen-bond acceptors (Lipinski definition) is 4. The number of rotatable bonds is 11. The summed E-state index contributed by atoms with van der Waals surface area (Å²) in [5.74, 6) is 1.17. The first kappa shape index (κ1) is 26.4. The number of phenols is 1. The summed E-state index contributed by atoms with van der Waals surface area (Å²) in [6.45, 7) is 11.5. The van der Waals surface area contributed by atoms with Gasteiger partial charge in [-0.3, -0.25) is 9.79 Å². The van der Waals surface area contributed by atoms with Gasteiger partial charge >= 0.3 is 0 Å². The third-order valence-corrected chi connectivity index (χ3v) is 3.98. The van der Waals surface area contributed by atoms with Crippen molar-refractivity contribution in [2.75, 3.05) is 32.8 Å². The first-order valence-electron chi connectivity index (χ1n) is 9.68. The van der Waals surface area contributed by atoms with E-state index in [2.05, 4.69) is 34.8 Å². The number of ether oxygens (including phenoxy) is 1. The van der Waals surface area contributed by atoms with Crippen LogP contribution in [0.2, 0.25) is 0 Å². The first-order chi connectivity index (χ1) is 13.0. The number of carbonyl (C=O) groups excluding carboxylic acids is 1. The maximum absolute atomic E-state index is 12.0. The molecule has 1 aromatic rings. The third kappa shape index (κ3) is 10.7. The topological polar surface area (TPSA) is 95.0 Å². The Balaban J connectivity index is 0.00000729. The SMILES string of the molecule is CCNC(=NCCC(OCC)C(C)C)NCCNC(=O)c1ccc(O)cc1.I. The van der Waals surface area contributed by atoms with Gasteiger partial charge in [0.25, 0.3) is 5.91 Å². The lowest BCUT2D eigenvalue weighted by Gasteiger charge is -2.20. The molecule has 1 unspecified atom stereocenters. The van der Waals surface area contributed by atoms with Gasteiger partial charge in [-0.05, 0) is 50.5 Å². The summed E-state index contributed by atoms with van der Waals surface area (Å²) < 4.78 is 5.75. The fourth-order valence-corrected chi connectivity index (χ4v) is 2.54. The number of aliphatic imine (C=N–C) groups is 1. The Morgan fingerprint density at radius 2 is 1.75 bits per heavy atom. The standard InChI is InChI=1S/C20H34N4O3.HI/c1-5-21-20(23-12-11-18(15(3)4)27-6-2)24-14-13-22-19(26)16-7-9-17(25)10-8-16;/h7-10,15,18,25H,5-6,11-14H2,1-4H3,(H,22,26)(H2,21,23,24);1H. The van der Waals surface area contributed by atoms with Gasteiger partial charge in [0.15, 0.2) is 5.96 Å². The molecule has 0 saturated heterocycles. The monoisotopic (exact) mass is 506 g/mol. The van der Waals surface area contributed by atoms with Crippen LogP contribution in [0.5, 0.6) is 5.75 Å². The number of carbonyl (C=O) groups is 1. The number of guanidine groups is 1. The quantitative estimate of drug-likeness (QED) is 0.160. The van der Waals surface area contributed by atoms with Crippen LogP contribution in [-0.2, 0) is 4.74 Å². The molecule has 0 aromatic heterocycles. The van der Waals surface area contributed by atoms with Crippen molar-refractivity contribution in [2.45, 2.75) is 40.2 Å². The predicted molar refractivity (Wildman–Crippen MR) is 125 cm³/mol. The summed E-state index contributed by atoms with van der Waals surface area (Å²) in [6, 6.07) is 6.17. The van der Waals surface area contributed by atoms with Crippen molar-refractivity contribution in [3.8, 4) is 5.75 Å². The van der Waals surface area contributed by atoms with Crippen LogP contribution >= 0.6 is 24.0 Å². The highest BCUT2D eigenvalue weighted by atomic mass is 127. The molecular formula is C20H35IN4O3. The molecule has 1 rings (SSSR count). The molecule has 1 aromatic carbocycles. The van der Waals surface area contributed by atoms with Gasteiger partial charge in [0.2, 0.25) is 0 Å². The van der Waals surface area contributed by atoms with Gasteiger partial charge in [-0.1, -0.05) is 13.8 Å². The molecule has 0 heterocycles. The van der Waals surface area contributed by atoms with Crippen LogP contribution < -0.4 is 16.0 Å². The van der Waals surface area contributed by atoms with Crippen LogP contribution in [0.15, 0.2) is 29.3 Å². The lowest BCUT2D eigenvalue weighted by atomic mass is 10.0. The van der Waals surface area contributed by atoms with E-state index in [0.717, 1.165) is 18.9 Å². The molecule has 0 fully saturated rings. The Hall–Kier alpha value is -1.55. The molecule has 0 aliphatic rings. The van der Waals surface area contributed by atoms with Crippen molar-refractivity contribution in [2.24, 2.45) is 10.9 Å². The Morgan fingerprint density at radius 1 is 1.11 bits per heavy atom. The van der Waals surface area contributed by atoms with E-state index in [9.17, 15) is 9.90 Å². The van der Waals surface area contributed by atoms with Gasteiger partial charge in [0.05, 0.1) is 6.10 Å². The molecule has 0 radical (unpaired) electrons. The van der Waals surface area contributed by atoms with E-state index in [1.807, 2.05) is 13.8 Å². The normalized spacial score (nSPS) is 12.2. The number of phenolic OH excluding ortho intramolecular Hbond substituents is 1. The van der Waals surface area contributed by atoms with E-state index >= 15 is 0 Å². The summed E-state index contributed by atoms with van der Waals surface area (Å²) in [5, 5.41) is 18.5. The van der Waals surface area contributed by atoms with Crippen molar-refractivity contribution in [1.29, 1.82) is 0 Å². The zero-order valence-electron chi connectivity index (χ0n) is 17.3. The summed E-state index contributed by atoms with van der Waals surface area (Å²) >= 11 is 0. The van der Waals surface area contributed by atoms with E-state index in [4.69, 9.17) is 4.74 Å². The van der Waals surface area contributed by atoms with Crippen molar-refractivity contribution < 1.29 is 14.6 Å². The maximum Gasteiger partial charge on any atom is 0.251 e. The summed E-state index contributed by atoms with van der Waals surface area (Å²) in [6.07, 6.45) is 1.09. The maximum atomic E-state index is 12.0. The molecule has 4 N–H and O–H groups in total. The number of halogens is 1. The first-order valence-corrected chi connectivity index (χ1v) is 9.68. The second kappa shape index (κ2) is 15.4.